The molecule has 4 aliphatic rings. The van der Waals surface area contributed by atoms with E-state index in [0.717, 1.165) is 37.8 Å². The van der Waals surface area contributed by atoms with E-state index in [1.54, 1.807) is 0 Å². The van der Waals surface area contributed by atoms with Gasteiger partial charge in [-0.3, -0.25) is 4.90 Å². The number of halogens is 2. The summed E-state index contributed by atoms with van der Waals surface area (Å²) in [6.07, 6.45) is 9.05. The SMILES string of the molecule is C#Cc1c(F)ccc2cc(O)cc(-c3nc(OC)c4c(N5CC6CCC(C5)N6)nc(OC/C(CN5CC6CC6C5)=N\OC)nc4c3F)c12. The van der Waals surface area contributed by atoms with Crippen LogP contribution in [0, 0.1) is 35.8 Å². The number of ether oxygens (including phenoxy) is 2. The number of pyridine rings is 1. The third-order valence-electron chi connectivity index (χ3n) is 9.92. The highest BCUT2D eigenvalue weighted by Crippen LogP contribution is 2.45. The van der Waals surface area contributed by atoms with Crippen molar-refractivity contribution >= 4 is 33.2 Å². The largest absolute Gasteiger partial charge is 0.508 e. The monoisotopic (exact) mass is 655 g/mol. The van der Waals surface area contributed by atoms with Crippen molar-refractivity contribution in [2.75, 3.05) is 58.5 Å². The van der Waals surface area contributed by atoms with Crippen molar-refractivity contribution in [3.63, 3.8) is 0 Å². The highest BCUT2D eigenvalue weighted by molar-refractivity contribution is 6.04. The summed E-state index contributed by atoms with van der Waals surface area (Å²) in [5.74, 6) is 2.75. The standard InChI is InChI=1S/C35H35F2N7O4/c1-4-25-27(36)8-5-18-10-24(45)11-26(28(18)25)31-30(37)32-29(34(39-31)46-2)33(44-15-21-6-7-22(16-44)38-21)41-35(40-32)48-17-23(42-47-3)14-43-12-19-9-20(19)13-43/h1,5,8,10-11,19-22,38,45H,6-7,9,12-17H2,2-3H3/b42-23-. The van der Waals surface area contributed by atoms with Crippen LogP contribution in [0.3, 0.4) is 0 Å². The molecular formula is C35H35F2N7O4. The van der Waals surface area contributed by atoms with Gasteiger partial charge >= 0.3 is 6.01 Å². The topological polar surface area (TPSA) is 117 Å². The number of benzene rings is 2. The lowest BCUT2D eigenvalue weighted by molar-refractivity contribution is 0.205. The third kappa shape index (κ3) is 5.38. The Hall–Kier alpha value is -4.80. The van der Waals surface area contributed by atoms with Gasteiger partial charge in [0.1, 0.15) is 53.4 Å². The van der Waals surface area contributed by atoms with Gasteiger partial charge in [-0.1, -0.05) is 17.1 Å². The Morgan fingerprint density at radius 1 is 1.06 bits per heavy atom. The highest BCUT2D eigenvalue weighted by Gasteiger charge is 2.45. The predicted octanol–water partition coefficient (Wildman–Crippen LogP) is 4.09. The number of terminal acetylenes is 1. The summed E-state index contributed by atoms with van der Waals surface area (Å²) in [6, 6.07) is 5.88. The summed E-state index contributed by atoms with van der Waals surface area (Å²) in [6.45, 7) is 3.94. The number of likely N-dealkylation sites (tertiary alicyclic amines) is 1. The number of phenols is 1. The highest BCUT2D eigenvalue weighted by atomic mass is 19.1. The van der Waals surface area contributed by atoms with E-state index in [1.807, 2.05) is 0 Å². The van der Waals surface area contributed by atoms with E-state index in [2.05, 4.69) is 36.2 Å². The Balaban J connectivity index is 1.26. The molecule has 5 heterocycles. The van der Waals surface area contributed by atoms with Gasteiger partial charge in [-0.05, 0) is 54.7 Å². The molecule has 2 N–H and O–H groups in total. The molecule has 8 rings (SSSR count). The summed E-state index contributed by atoms with van der Waals surface area (Å²) >= 11 is 0. The van der Waals surface area contributed by atoms with E-state index < -0.39 is 11.6 Å². The number of methoxy groups -OCH3 is 1. The van der Waals surface area contributed by atoms with Crippen molar-refractivity contribution in [2.24, 2.45) is 17.0 Å². The molecule has 1 aliphatic carbocycles. The average Bonchev–Trinajstić information content (AvgIpc) is 3.55. The molecule has 2 aromatic carbocycles. The van der Waals surface area contributed by atoms with Crippen LogP contribution < -0.4 is 19.7 Å². The predicted molar refractivity (Wildman–Crippen MR) is 176 cm³/mol. The van der Waals surface area contributed by atoms with Crippen LogP contribution in [0.2, 0.25) is 0 Å². The third-order valence-corrected chi connectivity index (χ3v) is 9.92. The molecule has 48 heavy (non-hydrogen) atoms. The van der Waals surface area contributed by atoms with E-state index in [1.165, 1.54) is 44.9 Å². The first-order chi connectivity index (χ1) is 23.3. The number of piperazine rings is 1. The van der Waals surface area contributed by atoms with E-state index in [4.69, 9.17) is 25.7 Å². The molecule has 4 fully saturated rings. The van der Waals surface area contributed by atoms with Crippen molar-refractivity contribution in [3.8, 4) is 41.2 Å². The second-order valence-electron chi connectivity index (χ2n) is 13.1. The molecule has 3 aliphatic heterocycles. The first-order valence-corrected chi connectivity index (χ1v) is 16.2. The zero-order valence-corrected chi connectivity index (χ0v) is 26.7. The summed E-state index contributed by atoms with van der Waals surface area (Å²) in [4.78, 5) is 23.5. The van der Waals surface area contributed by atoms with E-state index in [0.29, 0.717) is 36.6 Å². The first kappa shape index (κ1) is 30.5. The lowest BCUT2D eigenvalue weighted by Crippen LogP contribution is -2.51. The molecule has 4 aromatic rings. The molecule has 2 bridgehead atoms. The van der Waals surface area contributed by atoms with Gasteiger partial charge in [0.15, 0.2) is 5.82 Å². The Kier molecular flexibility index (Phi) is 7.64. The molecule has 4 atom stereocenters. The van der Waals surface area contributed by atoms with Crippen LogP contribution in [-0.4, -0.2) is 96.3 Å². The van der Waals surface area contributed by atoms with Gasteiger partial charge in [0.05, 0.1) is 12.7 Å². The van der Waals surface area contributed by atoms with Gasteiger partial charge in [0, 0.05) is 55.8 Å². The van der Waals surface area contributed by atoms with E-state index in [9.17, 15) is 9.50 Å². The molecule has 0 amide bonds. The van der Waals surface area contributed by atoms with Crippen molar-refractivity contribution in [1.29, 1.82) is 0 Å². The van der Waals surface area contributed by atoms with Gasteiger partial charge in [0.2, 0.25) is 5.88 Å². The van der Waals surface area contributed by atoms with Crippen LogP contribution in [0.5, 0.6) is 17.6 Å². The minimum absolute atomic E-state index is 0.0378. The number of anilines is 1. The fraction of sp³-hybridized carbons (Fsp3) is 0.429. The summed E-state index contributed by atoms with van der Waals surface area (Å²) in [7, 11) is 2.92. The zero-order chi connectivity index (χ0) is 33.1. The number of phenolic OH excluding ortho intramolecular Hbond substituents is 1. The Bertz CT molecular complexity index is 2000. The molecule has 0 radical (unpaired) electrons. The van der Waals surface area contributed by atoms with Crippen LogP contribution in [0.15, 0.2) is 29.4 Å². The van der Waals surface area contributed by atoms with Crippen LogP contribution in [0.1, 0.15) is 24.8 Å². The molecule has 13 heteroatoms. The van der Waals surface area contributed by atoms with Gasteiger partial charge in [-0.15, -0.1) is 6.42 Å². The lowest BCUT2D eigenvalue weighted by atomic mass is 9.95. The van der Waals surface area contributed by atoms with Crippen molar-refractivity contribution < 1.29 is 28.2 Å². The van der Waals surface area contributed by atoms with Gasteiger partial charge in [-0.2, -0.15) is 9.97 Å². The minimum Gasteiger partial charge on any atom is -0.508 e. The molecule has 0 spiro atoms. The van der Waals surface area contributed by atoms with Gasteiger partial charge in [0.25, 0.3) is 0 Å². The molecule has 3 saturated heterocycles. The number of hydrogen-bond donors (Lipinski definition) is 2. The average molecular weight is 656 g/mol. The molecule has 11 nitrogen and oxygen atoms in total. The number of aromatic hydroxyl groups is 1. The zero-order valence-electron chi connectivity index (χ0n) is 26.7. The summed E-state index contributed by atoms with van der Waals surface area (Å²) in [5, 5.41) is 19.4. The maximum atomic E-state index is 17.0. The van der Waals surface area contributed by atoms with Crippen LogP contribution >= 0.6 is 0 Å². The molecule has 4 unspecified atom stereocenters. The first-order valence-electron chi connectivity index (χ1n) is 16.2. The summed E-state index contributed by atoms with van der Waals surface area (Å²) < 4.78 is 43.9. The number of rotatable bonds is 9. The normalized spacial score (nSPS) is 23.4. The number of fused-ring (bicyclic) bond motifs is 5. The van der Waals surface area contributed by atoms with Gasteiger partial charge in [-0.25, -0.2) is 13.8 Å². The number of aromatic nitrogens is 3. The quantitative estimate of drug-likeness (QED) is 0.155. The fourth-order valence-electron chi connectivity index (χ4n) is 7.71. The minimum atomic E-state index is -0.821. The van der Waals surface area contributed by atoms with E-state index >= 15 is 4.39 Å². The van der Waals surface area contributed by atoms with Crippen LogP contribution in [-0.2, 0) is 4.84 Å². The second-order valence-corrected chi connectivity index (χ2v) is 13.1. The number of piperidine rings is 1. The Labute approximate surface area is 275 Å². The second kappa shape index (κ2) is 12.0. The Morgan fingerprint density at radius 2 is 1.83 bits per heavy atom. The molecule has 1 saturated carbocycles. The van der Waals surface area contributed by atoms with Crippen molar-refractivity contribution in [2.45, 2.75) is 31.3 Å². The van der Waals surface area contributed by atoms with Crippen molar-refractivity contribution in [3.05, 3.63) is 41.5 Å². The number of nitrogens with zero attached hydrogens (tertiary/aromatic N) is 6. The molecule has 2 aromatic heterocycles. The van der Waals surface area contributed by atoms with Crippen LogP contribution in [0.4, 0.5) is 14.6 Å². The fourth-order valence-corrected chi connectivity index (χ4v) is 7.71. The van der Waals surface area contributed by atoms with E-state index in [-0.39, 0.29) is 69.4 Å². The lowest BCUT2D eigenvalue weighted by Gasteiger charge is -2.34. The number of oxime groups is 1. The molecular weight excluding hydrogens is 620 g/mol. The maximum Gasteiger partial charge on any atom is 0.319 e. The van der Waals surface area contributed by atoms with Crippen molar-refractivity contribution in [1.82, 2.24) is 25.2 Å². The smallest absolute Gasteiger partial charge is 0.319 e. The number of hydrogen-bond acceptors (Lipinski definition) is 11. The Morgan fingerprint density at radius 3 is 2.54 bits per heavy atom. The van der Waals surface area contributed by atoms with Gasteiger partial charge < -0.3 is 29.6 Å². The van der Waals surface area contributed by atoms with Crippen LogP contribution in [0.25, 0.3) is 32.9 Å². The maximum absolute atomic E-state index is 17.0. The summed E-state index contributed by atoms with van der Waals surface area (Å²) in [5.41, 5.74) is 0.367. The molecule has 248 valence electrons. The number of nitrogens with one attached hydrogen (secondary N) is 1.